The number of carboxylic acids is 1. The largest absolute Gasteiger partial charge is 0.481 e. The Morgan fingerprint density at radius 3 is 2.19 bits per heavy atom. The zero-order valence-corrected chi connectivity index (χ0v) is 18.1. The van der Waals surface area contributed by atoms with E-state index in [1.807, 2.05) is 0 Å². The van der Waals surface area contributed by atoms with Crippen LogP contribution in [0.3, 0.4) is 0 Å². The highest BCUT2D eigenvalue weighted by atomic mass is 16.6. The van der Waals surface area contributed by atoms with Crippen molar-refractivity contribution in [2.75, 3.05) is 19.6 Å². The standard InChI is InChI=1S/C19H30N4O8/c1-6-7-23(16(29)19(5,20)17(30)31-18(2,3)4)10-14(26)21-9-13(25)22-12(11-24)8-15(27)28/h6,11-12H,1,7-10,20H2,2-5H3,(H,21,26)(H,22,25)(H,27,28)/t12-,19-/m0/s1. The van der Waals surface area contributed by atoms with Gasteiger partial charge in [0.25, 0.3) is 5.91 Å². The first-order valence-electron chi connectivity index (χ1n) is 9.29. The molecule has 0 fully saturated rings. The fraction of sp³-hybridized carbons (Fsp3) is 0.579. The van der Waals surface area contributed by atoms with Crippen molar-refractivity contribution in [2.45, 2.75) is 51.3 Å². The van der Waals surface area contributed by atoms with Crippen molar-refractivity contribution >= 4 is 35.9 Å². The van der Waals surface area contributed by atoms with Crippen LogP contribution >= 0.6 is 0 Å². The lowest BCUT2D eigenvalue weighted by molar-refractivity contribution is -0.166. The van der Waals surface area contributed by atoms with Crippen LogP contribution in [0.1, 0.15) is 34.1 Å². The van der Waals surface area contributed by atoms with E-state index in [0.29, 0.717) is 0 Å². The van der Waals surface area contributed by atoms with Crippen LogP contribution in [0, 0.1) is 0 Å². The summed E-state index contributed by atoms with van der Waals surface area (Å²) >= 11 is 0. The van der Waals surface area contributed by atoms with Gasteiger partial charge in [-0.1, -0.05) is 6.08 Å². The molecular formula is C19H30N4O8. The summed E-state index contributed by atoms with van der Waals surface area (Å²) in [6.07, 6.45) is 0.977. The number of nitrogens with zero attached hydrogens (tertiary/aromatic N) is 1. The molecule has 12 heteroatoms. The van der Waals surface area contributed by atoms with Crippen molar-refractivity contribution < 1.29 is 38.6 Å². The number of aliphatic carboxylic acids is 1. The first-order chi connectivity index (χ1) is 14.1. The molecule has 12 nitrogen and oxygen atoms in total. The van der Waals surface area contributed by atoms with Gasteiger partial charge in [0.1, 0.15) is 11.9 Å². The number of amides is 3. The van der Waals surface area contributed by atoms with Crippen molar-refractivity contribution in [1.29, 1.82) is 0 Å². The smallest absolute Gasteiger partial charge is 0.336 e. The van der Waals surface area contributed by atoms with Crippen molar-refractivity contribution in [3.63, 3.8) is 0 Å². The van der Waals surface area contributed by atoms with E-state index in [4.69, 9.17) is 15.6 Å². The molecule has 5 N–H and O–H groups in total. The van der Waals surface area contributed by atoms with Gasteiger partial charge < -0.3 is 35.9 Å². The number of rotatable bonds is 12. The second-order valence-corrected chi connectivity index (χ2v) is 7.86. The molecule has 0 spiro atoms. The predicted molar refractivity (Wildman–Crippen MR) is 108 cm³/mol. The number of nitrogens with two attached hydrogens (primary N) is 1. The van der Waals surface area contributed by atoms with E-state index in [0.717, 1.165) is 11.8 Å². The van der Waals surface area contributed by atoms with Gasteiger partial charge in [0.15, 0.2) is 5.54 Å². The Morgan fingerprint density at radius 2 is 1.74 bits per heavy atom. The fourth-order valence-electron chi connectivity index (χ4n) is 2.16. The average molecular weight is 442 g/mol. The van der Waals surface area contributed by atoms with E-state index in [2.05, 4.69) is 17.2 Å². The third kappa shape index (κ3) is 10.3. The quantitative estimate of drug-likeness (QED) is 0.119. The fourth-order valence-corrected chi connectivity index (χ4v) is 2.16. The van der Waals surface area contributed by atoms with Crippen LogP contribution in [0.5, 0.6) is 0 Å². The molecule has 2 atom stereocenters. The molecule has 0 aromatic rings. The lowest BCUT2D eigenvalue weighted by Crippen LogP contribution is -2.61. The minimum absolute atomic E-state index is 0.111. The highest BCUT2D eigenvalue weighted by Gasteiger charge is 2.43. The van der Waals surface area contributed by atoms with E-state index >= 15 is 0 Å². The molecule has 174 valence electrons. The van der Waals surface area contributed by atoms with Crippen LogP contribution in [-0.4, -0.2) is 82.8 Å². The maximum Gasteiger partial charge on any atom is 0.336 e. The number of carbonyl (C=O) groups excluding carboxylic acids is 5. The molecule has 0 aromatic carbocycles. The van der Waals surface area contributed by atoms with Crippen LogP contribution in [0.15, 0.2) is 12.7 Å². The minimum Gasteiger partial charge on any atom is -0.481 e. The van der Waals surface area contributed by atoms with E-state index < -0.39 is 66.4 Å². The van der Waals surface area contributed by atoms with Crippen molar-refractivity contribution in [3.8, 4) is 0 Å². The summed E-state index contributed by atoms with van der Waals surface area (Å²) in [5, 5.41) is 13.0. The van der Waals surface area contributed by atoms with E-state index in [-0.39, 0.29) is 12.8 Å². The molecule has 0 saturated heterocycles. The van der Waals surface area contributed by atoms with Gasteiger partial charge in [-0.05, 0) is 27.7 Å². The first-order valence-corrected chi connectivity index (χ1v) is 9.29. The lowest BCUT2D eigenvalue weighted by Gasteiger charge is -2.31. The van der Waals surface area contributed by atoms with E-state index in [1.165, 1.54) is 6.08 Å². The van der Waals surface area contributed by atoms with Crippen LogP contribution in [0.4, 0.5) is 0 Å². The Balaban J connectivity index is 5.00. The molecule has 0 aromatic heterocycles. The number of nitrogens with one attached hydrogen (secondary N) is 2. The summed E-state index contributed by atoms with van der Waals surface area (Å²) in [6.45, 7) is 8.26. The molecule has 31 heavy (non-hydrogen) atoms. The topological polar surface area (TPSA) is 185 Å². The number of carboxylic acid groups (broad SMARTS) is 1. The molecule has 0 aliphatic carbocycles. The van der Waals surface area contributed by atoms with Gasteiger partial charge in [-0.25, -0.2) is 4.79 Å². The SMILES string of the molecule is C=CCN(CC(=O)NCC(=O)N[C@H](C=O)CC(=O)O)C(=O)[C@](C)(N)C(=O)OC(C)(C)C. The van der Waals surface area contributed by atoms with Crippen LogP contribution in [0.2, 0.25) is 0 Å². The van der Waals surface area contributed by atoms with Gasteiger partial charge in [-0.15, -0.1) is 6.58 Å². The number of esters is 1. The van der Waals surface area contributed by atoms with Gasteiger partial charge in [-0.2, -0.15) is 0 Å². The highest BCUT2D eigenvalue weighted by Crippen LogP contribution is 2.15. The van der Waals surface area contributed by atoms with E-state index in [1.54, 1.807) is 20.8 Å². The number of hydrogen-bond acceptors (Lipinski definition) is 8. The van der Waals surface area contributed by atoms with Gasteiger partial charge >= 0.3 is 11.9 Å². The predicted octanol–water partition coefficient (Wildman–Crippen LogP) is -1.67. The summed E-state index contributed by atoms with van der Waals surface area (Å²) in [4.78, 5) is 71.3. The molecule has 0 bridgehead atoms. The van der Waals surface area contributed by atoms with Crippen molar-refractivity contribution in [1.82, 2.24) is 15.5 Å². The molecule has 0 rings (SSSR count). The zero-order valence-electron chi connectivity index (χ0n) is 18.1. The molecule has 0 radical (unpaired) electrons. The minimum atomic E-state index is -2.07. The molecule has 0 unspecified atom stereocenters. The van der Waals surface area contributed by atoms with Gasteiger partial charge in [0.2, 0.25) is 11.8 Å². The van der Waals surface area contributed by atoms with Gasteiger partial charge in [-0.3, -0.25) is 19.2 Å². The Labute approximate surface area is 180 Å². The second-order valence-electron chi connectivity index (χ2n) is 7.86. The normalized spacial score (nSPS) is 13.7. The Morgan fingerprint density at radius 1 is 1.16 bits per heavy atom. The first kappa shape index (κ1) is 27.7. The maximum atomic E-state index is 12.7. The summed E-state index contributed by atoms with van der Waals surface area (Å²) in [6, 6.07) is -1.24. The van der Waals surface area contributed by atoms with Crippen LogP contribution in [-0.2, 0) is 33.5 Å². The number of ether oxygens (including phenoxy) is 1. The summed E-state index contributed by atoms with van der Waals surface area (Å²) in [7, 11) is 0. The summed E-state index contributed by atoms with van der Waals surface area (Å²) in [5.41, 5.74) is 2.92. The second kappa shape index (κ2) is 11.8. The summed E-state index contributed by atoms with van der Waals surface area (Å²) in [5.74, 6) is -4.70. The number of aldehydes is 1. The Hall–Kier alpha value is -3.28. The Kier molecular flexibility index (Phi) is 10.5. The monoisotopic (exact) mass is 442 g/mol. The molecule has 0 heterocycles. The van der Waals surface area contributed by atoms with Gasteiger partial charge in [0, 0.05) is 6.54 Å². The molecular weight excluding hydrogens is 412 g/mol. The third-order valence-corrected chi connectivity index (χ3v) is 3.59. The summed E-state index contributed by atoms with van der Waals surface area (Å²) < 4.78 is 5.15. The average Bonchev–Trinajstić information content (AvgIpc) is 2.63. The number of hydrogen-bond donors (Lipinski definition) is 4. The number of carbonyl (C=O) groups is 6. The third-order valence-electron chi connectivity index (χ3n) is 3.59. The van der Waals surface area contributed by atoms with E-state index in [9.17, 15) is 28.8 Å². The zero-order chi connectivity index (χ0) is 24.4. The van der Waals surface area contributed by atoms with Crippen LogP contribution < -0.4 is 16.4 Å². The van der Waals surface area contributed by atoms with Crippen molar-refractivity contribution in [2.24, 2.45) is 5.73 Å². The molecule has 0 aliphatic heterocycles. The Bertz CT molecular complexity index is 727. The maximum absolute atomic E-state index is 12.7. The molecule has 0 aliphatic rings. The lowest BCUT2D eigenvalue weighted by atomic mass is 10.0. The highest BCUT2D eigenvalue weighted by molar-refractivity contribution is 6.07. The molecule has 3 amide bonds. The van der Waals surface area contributed by atoms with Crippen molar-refractivity contribution in [3.05, 3.63) is 12.7 Å². The van der Waals surface area contributed by atoms with Crippen LogP contribution in [0.25, 0.3) is 0 Å². The van der Waals surface area contributed by atoms with Gasteiger partial charge in [0.05, 0.1) is 25.6 Å². The molecule has 0 saturated carbocycles.